The van der Waals surface area contributed by atoms with Gasteiger partial charge in [-0.1, -0.05) is 11.6 Å². The third-order valence-corrected chi connectivity index (χ3v) is 3.19. The smallest absolute Gasteiger partial charge is 0.315 e. The van der Waals surface area contributed by atoms with Crippen LogP contribution in [0.15, 0.2) is 5.51 Å². The van der Waals surface area contributed by atoms with Crippen molar-refractivity contribution >= 4 is 28.9 Å². The third kappa shape index (κ3) is 0.949. The Morgan fingerprint density at radius 1 is 1.75 bits per heavy atom. The van der Waals surface area contributed by atoms with Crippen LogP contribution in [0.5, 0.6) is 0 Å². The number of carboxylic acids is 1. The maximum atomic E-state index is 10.8. The third-order valence-electron chi connectivity index (χ3n) is 2.14. The summed E-state index contributed by atoms with van der Waals surface area (Å²) in [6.45, 7) is 0. The highest BCUT2D eigenvalue weighted by Crippen LogP contribution is 2.50. The second-order valence-corrected chi connectivity index (χ2v) is 4.32. The molecule has 1 N–H and O–H groups in total. The average molecular weight is 204 g/mol. The minimum Gasteiger partial charge on any atom is -0.481 e. The normalized spacial score (nSPS) is 19.1. The first-order chi connectivity index (χ1) is 5.67. The molecule has 2 rings (SSSR count). The number of aromatic nitrogens is 1. The van der Waals surface area contributed by atoms with Crippen molar-refractivity contribution in [3.05, 3.63) is 15.5 Å². The second kappa shape index (κ2) is 2.44. The molecule has 1 aromatic rings. The van der Waals surface area contributed by atoms with Gasteiger partial charge in [0, 0.05) is 0 Å². The maximum Gasteiger partial charge on any atom is 0.315 e. The number of hydrogen-bond acceptors (Lipinski definition) is 3. The van der Waals surface area contributed by atoms with Crippen LogP contribution in [0, 0.1) is 0 Å². The molecule has 5 heteroatoms. The van der Waals surface area contributed by atoms with Gasteiger partial charge in [0.1, 0.15) is 9.75 Å². The monoisotopic (exact) mass is 203 g/mol. The molecule has 0 amide bonds. The van der Waals surface area contributed by atoms with Gasteiger partial charge in [0.15, 0.2) is 0 Å². The topological polar surface area (TPSA) is 50.2 Å². The van der Waals surface area contributed by atoms with E-state index in [1.54, 1.807) is 5.51 Å². The van der Waals surface area contributed by atoms with Gasteiger partial charge in [-0.25, -0.2) is 4.98 Å². The van der Waals surface area contributed by atoms with Crippen LogP contribution >= 0.6 is 22.9 Å². The first kappa shape index (κ1) is 8.01. The van der Waals surface area contributed by atoms with Gasteiger partial charge in [-0.15, -0.1) is 11.3 Å². The van der Waals surface area contributed by atoms with Gasteiger partial charge in [-0.3, -0.25) is 4.79 Å². The molecule has 0 atom stereocenters. The maximum absolute atomic E-state index is 10.8. The van der Waals surface area contributed by atoms with E-state index in [2.05, 4.69) is 4.98 Å². The Hall–Kier alpha value is -0.610. The summed E-state index contributed by atoms with van der Waals surface area (Å²) in [5.41, 5.74) is 1.37. The van der Waals surface area contributed by atoms with Crippen molar-refractivity contribution < 1.29 is 9.90 Å². The molecule has 0 unspecified atom stereocenters. The molecule has 0 saturated heterocycles. The predicted octanol–water partition coefficient (Wildman–Crippen LogP) is 1.91. The van der Waals surface area contributed by atoms with E-state index in [1.165, 1.54) is 11.3 Å². The molecule has 0 aromatic carbocycles. The van der Waals surface area contributed by atoms with Gasteiger partial charge in [0.05, 0.1) is 11.2 Å². The Morgan fingerprint density at radius 3 is 2.75 bits per heavy atom. The van der Waals surface area contributed by atoms with Crippen molar-refractivity contribution in [2.75, 3.05) is 0 Å². The molecule has 0 spiro atoms. The van der Waals surface area contributed by atoms with E-state index in [1.807, 2.05) is 0 Å². The quantitative estimate of drug-likeness (QED) is 0.799. The lowest BCUT2D eigenvalue weighted by molar-refractivity contribution is -0.140. The molecule has 1 aliphatic carbocycles. The van der Waals surface area contributed by atoms with E-state index in [4.69, 9.17) is 16.7 Å². The zero-order valence-corrected chi connectivity index (χ0v) is 7.65. The van der Waals surface area contributed by atoms with Crippen LogP contribution in [0.4, 0.5) is 0 Å². The Labute approximate surface area is 78.0 Å². The molecule has 12 heavy (non-hydrogen) atoms. The zero-order chi connectivity index (χ0) is 8.77. The van der Waals surface area contributed by atoms with Crippen molar-refractivity contribution in [1.82, 2.24) is 4.98 Å². The van der Waals surface area contributed by atoms with E-state index in [-0.39, 0.29) is 0 Å². The molecule has 0 bridgehead atoms. The van der Waals surface area contributed by atoms with Gasteiger partial charge >= 0.3 is 5.97 Å². The van der Waals surface area contributed by atoms with E-state index in [0.717, 1.165) is 0 Å². The van der Waals surface area contributed by atoms with Gasteiger partial charge in [-0.2, -0.15) is 0 Å². The van der Waals surface area contributed by atoms with Crippen molar-refractivity contribution in [2.24, 2.45) is 0 Å². The van der Waals surface area contributed by atoms with Crippen molar-refractivity contribution in [2.45, 2.75) is 18.3 Å². The van der Waals surface area contributed by atoms with Crippen LogP contribution in [-0.2, 0) is 10.2 Å². The fraction of sp³-hybridized carbons (Fsp3) is 0.429. The lowest BCUT2D eigenvalue weighted by atomic mass is 10.1. The highest BCUT2D eigenvalue weighted by Gasteiger charge is 2.54. The number of aliphatic carboxylic acids is 1. The zero-order valence-electron chi connectivity index (χ0n) is 6.08. The standard InChI is InChI=1S/C7H6ClNO2S/c8-5-4(9-3-12-5)7(1-2-7)6(10)11/h3H,1-2H2,(H,10,11). The SMILES string of the molecule is O=C(O)C1(c2ncsc2Cl)CC1. The van der Waals surface area contributed by atoms with Crippen LogP contribution in [-0.4, -0.2) is 16.1 Å². The molecular weight excluding hydrogens is 198 g/mol. The van der Waals surface area contributed by atoms with Gasteiger partial charge < -0.3 is 5.11 Å². The second-order valence-electron chi connectivity index (χ2n) is 2.86. The summed E-state index contributed by atoms with van der Waals surface area (Å²) in [6.07, 6.45) is 1.32. The van der Waals surface area contributed by atoms with Crippen molar-refractivity contribution in [1.29, 1.82) is 0 Å². The first-order valence-corrected chi connectivity index (χ1v) is 4.75. The fourth-order valence-electron chi connectivity index (χ4n) is 1.22. The minimum atomic E-state index is -0.810. The molecule has 1 saturated carbocycles. The summed E-state index contributed by atoms with van der Waals surface area (Å²) >= 11 is 7.08. The number of carbonyl (C=O) groups is 1. The number of thiazole rings is 1. The van der Waals surface area contributed by atoms with Gasteiger partial charge in [0.2, 0.25) is 0 Å². The Bertz CT molecular complexity index is 332. The highest BCUT2D eigenvalue weighted by molar-refractivity contribution is 7.14. The summed E-state index contributed by atoms with van der Waals surface area (Å²) < 4.78 is 0.509. The number of rotatable bonds is 2. The lowest BCUT2D eigenvalue weighted by Crippen LogP contribution is -2.20. The molecule has 0 aliphatic heterocycles. The molecule has 1 aliphatic rings. The first-order valence-electron chi connectivity index (χ1n) is 3.50. The summed E-state index contributed by atoms with van der Waals surface area (Å²) in [6, 6.07) is 0. The molecule has 1 fully saturated rings. The summed E-state index contributed by atoms with van der Waals surface area (Å²) in [4.78, 5) is 14.8. The van der Waals surface area contributed by atoms with Crippen molar-refractivity contribution in [3.63, 3.8) is 0 Å². The molecule has 3 nitrogen and oxygen atoms in total. The summed E-state index contributed by atoms with van der Waals surface area (Å²) in [5, 5.41) is 8.91. The number of hydrogen-bond donors (Lipinski definition) is 1. The lowest BCUT2D eigenvalue weighted by Gasteiger charge is -2.05. The molecule has 64 valence electrons. The molecular formula is C7H6ClNO2S. The van der Waals surface area contributed by atoms with E-state index in [9.17, 15) is 4.79 Å². The Kier molecular flexibility index (Phi) is 1.63. The molecule has 1 heterocycles. The Balaban J connectivity index is 2.43. The van der Waals surface area contributed by atoms with Gasteiger partial charge in [-0.05, 0) is 12.8 Å². The molecule has 0 radical (unpaired) electrons. The van der Waals surface area contributed by atoms with Crippen LogP contribution in [0.1, 0.15) is 18.5 Å². The number of carboxylic acid groups (broad SMARTS) is 1. The fourth-order valence-corrected chi connectivity index (χ4v) is 2.18. The summed E-state index contributed by atoms with van der Waals surface area (Å²) in [7, 11) is 0. The van der Waals surface area contributed by atoms with Crippen LogP contribution < -0.4 is 0 Å². The van der Waals surface area contributed by atoms with Crippen LogP contribution in [0.2, 0.25) is 4.34 Å². The molecule has 1 aromatic heterocycles. The average Bonchev–Trinajstić information content (AvgIpc) is 2.71. The van der Waals surface area contributed by atoms with Crippen molar-refractivity contribution in [3.8, 4) is 0 Å². The van der Waals surface area contributed by atoms with Crippen LogP contribution in [0.25, 0.3) is 0 Å². The summed E-state index contributed by atoms with van der Waals surface area (Å²) in [5.74, 6) is -0.810. The van der Waals surface area contributed by atoms with Gasteiger partial charge in [0.25, 0.3) is 0 Å². The number of halogens is 1. The minimum absolute atomic E-state index is 0.509. The largest absolute Gasteiger partial charge is 0.481 e. The Morgan fingerprint density at radius 2 is 2.42 bits per heavy atom. The van der Waals surface area contributed by atoms with Crippen LogP contribution in [0.3, 0.4) is 0 Å². The van der Waals surface area contributed by atoms with E-state index >= 15 is 0 Å². The number of nitrogens with zero attached hydrogens (tertiary/aromatic N) is 1. The highest BCUT2D eigenvalue weighted by atomic mass is 35.5. The predicted molar refractivity (Wildman–Crippen MR) is 45.7 cm³/mol. The van der Waals surface area contributed by atoms with E-state index < -0.39 is 11.4 Å². The van der Waals surface area contributed by atoms with E-state index in [0.29, 0.717) is 22.9 Å².